The van der Waals surface area contributed by atoms with Gasteiger partial charge in [-0.05, 0) is 32.1 Å². The van der Waals surface area contributed by atoms with Crippen LogP contribution in [0.5, 0.6) is 0 Å². The third kappa shape index (κ3) is 3.23. The van der Waals surface area contributed by atoms with Crippen LogP contribution >= 0.6 is 0 Å². The molecule has 0 aromatic carbocycles. The van der Waals surface area contributed by atoms with Gasteiger partial charge in [-0.2, -0.15) is 0 Å². The number of carbonyl (C=O) groups excluding carboxylic acids is 2. The number of likely N-dealkylation sites (tertiary alicyclic amines) is 1. The first kappa shape index (κ1) is 14.8. The second kappa shape index (κ2) is 6.77. The molecule has 3 fully saturated rings. The number of nitrogens with zero attached hydrogens (tertiary/aromatic N) is 2. The van der Waals surface area contributed by atoms with E-state index in [1.807, 2.05) is 9.80 Å². The Morgan fingerprint density at radius 3 is 2.52 bits per heavy atom. The van der Waals surface area contributed by atoms with Gasteiger partial charge in [-0.1, -0.05) is 6.42 Å². The Kier molecular flexibility index (Phi) is 4.78. The zero-order valence-electron chi connectivity index (χ0n) is 12.8. The highest BCUT2D eigenvalue weighted by molar-refractivity contribution is 5.83. The van der Waals surface area contributed by atoms with E-state index in [1.54, 1.807) is 0 Å². The Bertz CT molecular complexity index is 393. The number of ether oxygens (including phenoxy) is 1. The average molecular weight is 294 g/mol. The Hall–Kier alpha value is -1.10. The average Bonchev–Trinajstić information content (AvgIpc) is 2.55. The second-order valence-electron chi connectivity index (χ2n) is 6.46. The van der Waals surface area contributed by atoms with E-state index in [-0.39, 0.29) is 18.0 Å². The van der Waals surface area contributed by atoms with Crippen LogP contribution in [0.2, 0.25) is 0 Å². The zero-order chi connectivity index (χ0) is 14.7. The standard InChI is InChI=1S/C16H26N2O3/c19-15-7-2-1-5-13(15)14-6-3-4-8-18(14)16(20)17-9-11-21-12-10-17/h13-14H,1-12H2. The van der Waals surface area contributed by atoms with Crippen molar-refractivity contribution in [1.82, 2.24) is 9.80 Å². The van der Waals surface area contributed by atoms with Crippen molar-refractivity contribution in [3.05, 3.63) is 0 Å². The van der Waals surface area contributed by atoms with Gasteiger partial charge >= 0.3 is 6.03 Å². The Labute approximate surface area is 126 Å². The largest absolute Gasteiger partial charge is 0.378 e. The number of ketones is 1. The molecule has 2 unspecified atom stereocenters. The SMILES string of the molecule is O=C1CCCCC1C1CCCCN1C(=O)N1CCOCC1. The summed E-state index contributed by atoms with van der Waals surface area (Å²) in [4.78, 5) is 29.0. The zero-order valence-corrected chi connectivity index (χ0v) is 12.8. The van der Waals surface area contributed by atoms with Crippen LogP contribution < -0.4 is 0 Å². The van der Waals surface area contributed by atoms with E-state index < -0.39 is 0 Å². The minimum atomic E-state index is 0.0871. The van der Waals surface area contributed by atoms with Crippen LogP contribution in [-0.4, -0.2) is 60.5 Å². The molecule has 0 aromatic heterocycles. The van der Waals surface area contributed by atoms with Gasteiger partial charge in [-0.25, -0.2) is 4.79 Å². The lowest BCUT2D eigenvalue weighted by Gasteiger charge is -2.43. The quantitative estimate of drug-likeness (QED) is 0.744. The van der Waals surface area contributed by atoms with Crippen molar-refractivity contribution in [2.24, 2.45) is 5.92 Å². The maximum absolute atomic E-state index is 12.8. The number of rotatable bonds is 1. The molecular weight excluding hydrogens is 268 g/mol. The number of piperidine rings is 1. The molecule has 3 rings (SSSR count). The minimum Gasteiger partial charge on any atom is -0.378 e. The molecule has 2 atom stereocenters. The summed E-state index contributed by atoms with van der Waals surface area (Å²) >= 11 is 0. The molecule has 1 aliphatic carbocycles. The van der Waals surface area contributed by atoms with Crippen molar-refractivity contribution in [2.75, 3.05) is 32.8 Å². The number of hydrogen-bond acceptors (Lipinski definition) is 3. The molecule has 0 radical (unpaired) electrons. The smallest absolute Gasteiger partial charge is 0.320 e. The summed E-state index contributed by atoms with van der Waals surface area (Å²) < 4.78 is 5.33. The Balaban J connectivity index is 1.71. The van der Waals surface area contributed by atoms with Crippen molar-refractivity contribution < 1.29 is 14.3 Å². The maximum atomic E-state index is 12.8. The highest BCUT2D eigenvalue weighted by atomic mass is 16.5. The molecule has 0 N–H and O–H groups in total. The van der Waals surface area contributed by atoms with Gasteiger partial charge in [-0.15, -0.1) is 0 Å². The van der Waals surface area contributed by atoms with Gasteiger partial charge in [0.1, 0.15) is 5.78 Å². The highest BCUT2D eigenvalue weighted by Crippen LogP contribution is 2.32. The van der Waals surface area contributed by atoms with Crippen molar-refractivity contribution >= 4 is 11.8 Å². The van der Waals surface area contributed by atoms with E-state index in [0.717, 1.165) is 45.1 Å². The van der Waals surface area contributed by atoms with Crippen LogP contribution in [0.1, 0.15) is 44.9 Å². The van der Waals surface area contributed by atoms with Crippen LogP contribution in [0, 0.1) is 5.92 Å². The van der Waals surface area contributed by atoms with Crippen molar-refractivity contribution in [3.63, 3.8) is 0 Å². The molecule has 3 aliphatic rings. The first-order valence-electron chi connectivity index (χ1n) is 8.43. The third-order valence-electron chi connectivity index (χ3n) is 5.14. The van der Waals surface area contributed by atoms with E-state index in [4.69, 9.17) is 4.74 Å². The Morgan fingerprint density at radius 1 is 1.00 bits per heavy atom. The molecule has 21 heavy (non-hydrogen) atoms. The number of urea groups is 1. The highest BCUT2D eigenvalue weighted by Gasteiger charge is 2.38. The lowest BCUT2D eigenvalue weighted by atomic mass is 9.79. The molecule has 0 bridgehead atoms. The van der Waals surface area contributed by atoms with E-state index in [0.29, 0.717) is 38.5 Å². The molecule has 5 heteroatoms. The second-order valence-corrected chi connectivity index (χ2v) is 6.46. The number of hydrogen-bond donors (Lipinski definition) is 0. The summed E-state index contributed by atoms with van der Waals surface area (Å²) in [6.07, 6.45) is 7.03. The van der Waals surface area contributed by atoms with Gasteiger partial charge in [-0.3, -0.25) is 4.79 Å². The van der Waals surface area contributed by atoms with Crippen LogP contribution in [-0.2, 0) is 9.53 Å². The summed E-state index contributed by atoms with van der Waals surface area (Å²) in [7, 11) is 0. The first-order valence-corrected chi connectivity index (χ1v) is 8.43. The summed E-state index contributed by atoms with van der Waals surface area (Å²) in [5, 5.41) is 0. The fourth-order valence-electron chi connectivity index (χ4n) is 3.97. The Morgan fingerprint density at radius 2 is 1.76 bits per heavy atom. The van der Waals surface area contributed by atoms with Crippen molar-refractivity contribution in [3.8, 4) is 0 Å². The number of amides is 2. The van der Waals surface area contributed by atoms with Gasteiger partial charge < -0.3 is 14.5 Å². The van der Waals surface area contributed by atoms with E-state index in [9.17, 15) is 9.59 Å². The minimum absolute atomic E-state index is 0.0871. The molecule has 2 aliphatic heterocycles. The fourth-order valence-corrected chi connectivity index (χ4v) is 3.97. The maximum Gasteiger partial charge on any atom is 0.320 e. The number of morpholine rings is 1. The van der Waals surface area contributed by atoms with Crippen LogP contribution in [0.25, 0.3) is 0 Å². The predicted molar refractivity (Wildman–Crippen MR) is 79.1 cm³/mol. The molecule has 118 valence electrons. The van der Waals surface area contributed by atoms with Gasteiger partial charge in [0.15, 0.2) is 0 Å². The molecule has 0 spiro atoms. The predicted octanol–water partition coefficient (Wildman–Crippen LogP) is 2.05. The normalized spacial score (nSPS) is 31.3. The van der Waals surface area contributed by atoms with E-state index in [1.165, 1.54) is 0 Å². The molecule has 2 saturated heterocycles. The van der Waals surface area contributed by atoms with Crippen LogP contribution in [0.15, 0.2) is 0 Å². The molecule has 5 nitrogen and oxygen atoms in total. The van der Waals surface area contributed by atoms with Gasteiger partial charge in [0.2, 0.25) is 0 Å². The lowest BCUT2D eigenvalue weighted by molar-refractivity contribution is -0.127. The molecule has 2 heterocycles. The van der Waals surface area contributed by atoms with E-state index in [2.05, 4.69) is 0 Å². The lowest BCUT2D eigenvalue weighted by Crippen LogP contribution is -2.56. The fraction of sp³-hybridized carbons (Fsp3) is 0.875. The first-order chi connectivity index (χ1) is 10.3. The molecule has 2 amide bonds. The number of carbonyl (C=O) groups is 2. The monoisotopic (exact) mass is 294 g/mol. The summed E-state index contributed by atoms with van der Waals surface area (Å²) in [6.45, 7) is 3.44. The van der Waals surface area contributed by atoms with Crippen molar-refractivity contribution in [2.45, 2.75) is 51.0 Å². The van der Waals surface area contributed by atoms with Crippen LogP contribution in [0.3, 0.4) is 0 Å². The summed E-state index contributed by atoms with van der Waals surface area (Å²) in [6, 6.07) is 0.267. The van der Waals surface area contributed by atoms with Crippen LogP contribution in [0.4, 0.5) is 4.79 Å². The van der Waals surface area contributed by atoms with Crippen molar-refractivity contribution in [1.29, 1.82) is 0 Å². The summed E-state index contributed by atoms with van der Waals surface area (Å²) in [5.41, 5.74) is 0. The van der Waals surface area contributed by atoms with E-state index >= 15 is 0 Å². The summed E-state index contributed by atoms with van der Waals surface area (Å²) in [5.74, 6) is 0.469. The third-order valence-corrected chi connectivity index (χ3v) is 5.14. The molecular formula is C16H26N2O3. The van der Waals surface area contributed by atoms with Gasteiger partial charge in [0.05, 0.1) is 13.2 Å². The van der Waals surface area contributed by atoms with Gasteiger partial charge in [0, 0.05) is 38.0 Å². The topological polar surface area (TPSA) is 49.9 Å². The molecule has 0 aromatic rings. The van der Waals surface area contributed by atoms with Gasteiger partial charge in [0.25, 0.3) is 0 Å². The molecule has 1 saturated carbocycles. The number of Topliss-reactive ketones (excluding diaryl/α,β-unsaturated/α-hetero) is 1.